The molecule has 7 heteroatoms. The number of amides is 1. The highest BCUT2D eigenvalue weighted by atomic mass is 19.1. The molecule has 0 spiro atoms. The van der Waals surface area contributed by atoms with E-state index >= 15 is 0 Å². The fourth-order valence-electron chi connectivity index (χ4n) is 2.42. The Kier molecular flexibility index (Phi) is 5.68. The van der Waals surface area contributed by atoms with Crippen molar-refractivity contribution in [2.45, 2.75) is 31.7 Å². The van der Waals surface area contributed by atoms with Gasteiger partial charge in [0.1, 0.15) is 12.5 Å². The van der Waals surface area contributed by atoms with Crippen molar-refractivity contribution in [3.05, 3.63) is 23.9 Å². The number of carboxylic acids is 1. The summed E-state index contributed by atoms with van der Waals surface area (Å²) in [6.07, 6.45) is 6.09. The van der Waals surface area contributed by atoms with Crippen LogP contribution in [0.2, 0.25) is 0 Å². The first-order chi connectivity index (χ1) is 10.6. The minimum absolute atomic E-state index is 0.221. The molecule has 1 aliphatic rings. The molecule has 0 saturated carbocycles. The largest absolute Gasteiger partial charge is 0.480 e. The summed E-state index contributed by atoms with van der Waals surface area (Å²) in [5.41, 5.74) is 0.221. The maximum atomic E-state index is 12.5. The van der Waals surface area contributed by atoms with Gasteiger partial charge in [0.25, 0.3) is 5.91 Å². The third-order valence-electron chi connectivity index (χ3n) is 3.70. The van der Waals surface area contributed by atoms with Crippen LogP contribution < -0.4 is 10.2 Å². The summed E-state index contributed by atoms with van der Waals surface area (Å²) in [4.78, 5) is 29.0. The van der Waals surface area contributed by atoms with Crippen LogP contribution in [0.4, 0.5) is 10.2 Å². The number of aromatic nitrogens is 1. The molecule has 2 rings (SSSR count). The second-order valence-corrected chi connectivity index (χ2v) is 5.32. The molecule has 0 bridgehead atoms. The van der Waals surface area contributed by atoms with Gasteiger partial charge in [-0.25, -0.2) is 14.2 Å². The van der Waals surface area contributed by atoms with E-state index in [0.29, 0.717) is 0 Å². The Morgan fingerprint density at radius 1 is 1.27 bits per heavy atom. The van der Waals surface area contributed by atoms with Crippen molar-refractivity contribution >= 4 is 17.7 Å². The molecule has 0 aliphatic carbocycles. The lowest BCUT2D eigenvalue weighted by atomic mass is 10.2. The van der Waals surface area contributed by atoms with Gasteiger partial charge in [-0.1, -0.05) is 12.8 Å². The number of nitrogens with zero attached hydrogens (tertiary/aromatic N) is 2. The van der Waals surface area contributed by atoms with Crippen molar-refractivity contribution in [1.82, 2.24) is 10.3 Å². The molecule has 1 aliphatic heterocycles. The number of anilines is 1. The van der Waals surface area contributed by atoms with Gasteiger partial charge in [0, 0.05) is 19.3 Å². The topological polar surface area (TPSA) is 82.5 Å². The Morgan fingerprint density at radius 3 is 2.45 bits per heavy atom. The molecule has 2 heterocycles. The molecule has 6 nitrogen and oxygen atoms in total. The first-order valence-electron chi connectivity index (χ1n) is 7.42. The average Bonchev–Trinajstić information content (AvgIpc) is 2.81. The van der Waals surface area contributed by atoms with Gasteiger partial charge in [-0.3, -0.25) is 4.79 Å². The molecule has 1 aromatic rings. The number of hydrogen-bond acceptors (Lipinski definition) is 4. The highest BCUT2D eigenvalue weighted by molar-refractivity contribution is 5.96. The van der Waals surface area contributed by atoms with E-state index in [-0.39, 0.29) is 5.56 Å². The number of carbonyl (C=O) groups excluding carboxylic acids is 1. The highest BCUT2D eigenvalue weighted by Crippen LogP contribution is 2.17. The molecular weight excluding hydrogens is 289 g/mol. The molecule has 1 saturated heterocycles. The van der Waals surface area contributed by atoms with E-state index in [1.165, 1.54) is 19.0 Å². The summed E-state index contributed by atoms with van der Waals surface area (Å²) in [7, 11) is 0. The summed E-state index contributed by atoms with van der Waals surface area (Å²) >= 11 is 0. The van der Waals surface area contributed by atoms with E-state index in [0.717, 1.165) is 31.7 Å². The van der Waals surface area contributed by atoms with Gasteiger partial charge in [0.05, 0.1) is 5.56 Å². The van der Waals surface area contributed by atoms with Crippen molar-refractivity contribution in [2.75, 3.05) is 24.7 Å². The highest BCUT2D eigenvalue weighted by Gasteiger charge is 2.20. The fourth-order valence-corrected chi connectivity index (χ4v) is 2.42. The molecule has 0 radical (unpaired) electrons. The number of carbonyl (C=O) groups is 2. The SMILES string of the molecule is O=C(NC(CF)C(=O)O)c1ccc(N2CCCCCC2)nc1. The molecule has 1 amide bonds. The first kappa shape index (κ1) is 16.2. The molecule has 22 heavy (non-hydrogen) atoms. The average molecular weight is 309 g/mol. The van der Waals surface area contributed by atoms with E-state index in [2.05, 4.69) is 15.2 Å². The van der Waals surface area contributed by atoms with E-state index in [1.807, 2.05) is 0 Å². The monoisotopic (exact) mass is 309 g/mol. The third kappa shape index (κ3) is 4.16. The number of nitrogens with one attached hydrogen (secondary N) is 1. The normalized spacial score (nSPS) is 16.7. The van der Waals surface area contributed by atoms with Crippen LogP contribution in [0.1, 0.15) is 36.0 Å². The molecule has 1 atom stereocenters. The standard InChI is InChI=1S/C15H20FN3O3/c16-9-12(15(21)22)18-14(20)11-5-6-13(17-10-11)19-7-3-1-2-4-8-19/h5-6,10,12H,1-4,7-9H2,(H,18,20)(H,21,22). The summed E-state index contributed by atoms with van der Waals surface area (Å²) in [5, 5.41) is 10.9. The summed E-state index contributed by atoms with van der Waals surface area (Å²) in [6, 6.07) is 1.79. The quantitative estimate of drug-likeness (QED) is 0.863. The second-order valence-electron chi connectivity index (χ2n) is 5.32. The summed E-state index contributed by atoms with van der Waals surface area (Å²) < 4.78 is 12.5. The zero-order valence-electron chi connectivity index (χ0n) is 12.3. The molecule has 1 aromatic heterocycles. The van der Waals surface area contributed by atoms with Gasteiger partial charge in [-0.15, -0.1) is 0 Å². The molecule has 1 unspecified atom stereocenters. The van der Waals surface area contributed by atoms with Crippen LogP contribution in [-0.2, 0) is 4.79 Å². The molecule has 2 N–H and O–H groups in total. The minimum Gasteiger partial charge on any atom is -0.480 e. The van der Waals surface area contributed by atoms with Crippen LogP contribution in [0.15, 0.2) is 18.3 Å². The van der Waals surface area contributed by atoms with E-state index < -0.39 is 24.6 Å². The van der Waals surface area contributed by atoms with Crippen LogP contribution >= 0.6 is 0 Å². The van der Waals surface area contributed by atoms with Crippen LogP contribution in [0.3, 0.4) is 0 Å². The molecule has 0 aromatic carbocycles. The molecule has 120 valence electrons. The maximum Gasteiger partial charge on any atom is 0.328 e. The van der Waals surface area contributed by atoms with Gasteiger partial charge in [0.2, 0.25) is 0 Å². The predicted molar refractivity (Wildman–Crippen MR) is 79.8 cm³/mol. The third-order valence-corrected chi connectivity index (χ3v) is 3.70. The Hall–Kier alpha value is -2.18. The van der Waals surface area contributed by atoms with Gasteiger partial charge in [0.15, 0.2) is 6.04 Å². The molecule has 1 fully saturated rings. The van der Waals surface area contributed by atoms with Crippen molar-refractivity contribution in [3.8, 4) is 0 Å². The number of pyridine rings is 1. The number of hydrogen-bond donors (Lipinski definition) is 2. The zero-order chi connectivity index (χ0) is 15.9. The number of carboxylic acid groups (broad SMARTS) is 1. The minimum atomic E-state index is -1.53. The first-order valence-corrected chi connectivity index (χ1v) is 7.42. The Balaban J connectivity index is 2.01. The van der Waals surface area contributed by atoms with Gasteiger partial charge >= 0.3 is 5.97 Å². The van der Waals surface area contributed by atoms with E-state index in [4.69, 9.17) is 5.11 Å². The Labute approximate surface area is 128 Å². The second kappa shape index (κ2) is 7.72. The maximum absolute atomic E-state index is 12.5. The van der Waals surface area contributed by atoms with Gasteiger partial charge < -0.3 is 15.3 Å². The summed E-state index contributed by atoms with van der Waals surface area (Å²) in [6.45, 7) is 0.739. The van der Waals surface area contributed by atoms with Crippen LogP contribution in [0.5, 0.6) is 0 Å². The van der Waals surface area contributed by atoms with Crippen molar-refractivity contribution in [1.29, 1.82) is 0 Å². The van der Waals surface area contributed by atoms with Crippen LogP contribution in [-0.4, -0.2) is 47.8 Å². The van der Waals surface area contributed by atoms with Crippen LogP contribution in [0.25, 0.3) is 0 Å². The number of aliphatic carboxylic acids is 1. The predicted octanol–water partition coefficient (Wildman–Crippen LogP) is 1.61. The molecular formula is C15H20FN3O3. The van der Waals surface area contributed by atoms with E-state index in [9.17, 15) is 14.0 Å². The number of rotatable bonds is 5. The van der Waals surface area contributed by atoms with Crippen molar-refractivity contribution < 1.29 is 19.1 Å². The Bertz CT molecular complexity index is 513. The number of halogens is 1. The van der Waals surface area contributed by atoms with E-state index in [1.54, 1.807) is 12.1 Å². The van der Waals surface area contributed by atoms with Crippen LogP contribution in [0, 0.1) is 0 Å². The number of alkyl halides is 1. The lowest BCUT2D eigenvalue weighted by Crippen LogP contribution is -2.42. The lowest BCUT2D eigenvalue weighted by Gasteiger charge is -2.21. The zero-order valence-corrected chi connectivity index (χ0v) is 12.3. The summed E-state index contributed by atoms with van der Waals surface area (Å²) in [5.74, 6) is -1.23. The smallest absolute Gasteiger partial charge is 0.328 e. The van der Waals surface area contributed by atoms with Crippen molar-refractivity contribution in [3.63, 3.8) is 0 Å². The lowest BCUT2D eigenvalue weighted by molar-refractivity contribution is -0.139. The van der Waals surface area contributed by atoms with Gasteiger partial charge in [-0.05, 0) is 25.0 Å². The van der Waals surface area contributed by atoms with Crippen molar-refractivity contribution in [2.24, 2.45) is 0 Å². The fraction of sp³-hybridized carbons (Fsp3) is 0.533. The van der Waals surface area contributed by atoms with Gasteiger partial charge in [-0.2, -0.15) is 0 Å². The Morgan fingerprint density at radius 2 is 1.95 bits per heavy atom.